The zero-order valence-corrected chi connectivity index (χ0v) is 9.93. The Morgan fingerprint density at radius 2 is 2.00 bits per heavy atom. The first kappa shape index (κ1) is 12.7. The molecular weight excluding hydrogens is 204 g/mol. The van der Waals surface area contributed by atoms with Gasteiger partial charge in [-0.15, -0.1) is 0 Å². The third-order valence-electron chi connectivity index (χ3n) is 2.30. The average molecular weight is 222 g/mol. The molecule has 1 N–H and O–H groups in total. The molecule has 0 saturated heterocycles. The number of rotatable bonds is 5. The van der Waals surface area contributed by atoms with E-state index < -0.39 is 0 Å². The lowest BCUT2D eigenvalue weighted by molar-refractivity contribution is -0.142. The number of hydrazine groups is 1. The second-order valence-electron chi connectivity index (χ2n) is 3.74. The van der Waals surface area contributed by atoms with Crippen molar-refractivity contribution in [1.82, 2.24) is 10.4 Å². The minimum Gasteiger partial charge on any atom is -0.469 e. The number of carbonyl (C=O) groups excluding carboxylic acids is 1. The van der Waals surface area contributed by atoms with E-state index in [1.807, 2.05) is 49.4 Å². The summed E-state index contributed by atoms with van der Waals surface area (Å²) < 4.78 is 4.80. The van der Waals surface area contributed by atoms with Crippen molar-refractivity contribution in [2.45, 2.75) is 5.92 Å². The lowest BCUT2D eigenvalue weighted by atomic mass is 9.99. The maximum atomic E-state index is 11.6. The van der Waals surface area contributed by atoms with Crippen molar-refractivity contribution in [1.29, 1.82) is 0 Å². The number of benzene rings is 1. The summed E-state index contributed by atoms with van der Waals surface area (Å²) in [5.74, 6) is -0.492. The number of nitrogens with zero attached hydrogens (tertiary/aromatic N) is 1. The van der Waals surface area contributed by atoms with Gasteiger partial charge in [0.05, 0.1) is 13.0 Å². The number of methoxy groups -OCH3 is 1. The van der Waals surface area contributed by atoms with Crippen molar-refractivity contribution >= 4 is 5.97 Å². The van der Waals surface area contributed by atoms with Crippen molar-refractivity contribution in [3.8, 4) is 0 Å². The van der Waals surface area contributed by atoms with Crippen molar-refractivity contribution in [2.75, 3.05) is 27.7 Å². The largest absolute Gasteiger partial charge is 0.469 e. The van der Waals surface area contributed by atoms with E-state index in [0.29, 0.717) is 6.54 Å². The van der Waals surface area contributed by atoms with E-state index in [9.17, 15) is 4.79 Å². The minimum absolute atomic E-state index is 0.222. The minimum atomic E-state index is -0.270. The molecule has 0 saturated carbocycles. The molecule has 1 rings (SSSR count). The normalized spacial score (nSPS) is 12.5. The molecule has 88 valence electrons. The van der Waals surface area contributed by atoms with Crippen molar-refractivity contribution in [2.24, 2.45) is 0 Å². The molecule has 4 nitrogen and oxygen atoms in total. The summed E-state index contributed by atoms with van der Waals surface area (Å²) in [5, 5.41) is 1.82. The van der Waals surface area contributed by atoms with Gasteiger partial charge in [0, 0.05) is 20.6 Å². The summed E-state index contributed by atoms with van der Waals surface area (Å²) >= 11 is 0. The number of ether oxygens (including phenoxy) is 1. The van der Waals surface area contributed by atoms with Gasteiger partial charge in [-0.2, -0.15) is 0 Å². The van der Waals surface area contributed by atoms with Gasteiger partial charge >= 0.3 is 5.97 Å². The molecule has 1 unspecified atom stereocenters. The lowest BCUT2D eigenvalue weighted by Gasteiger charge is -2.18. The van der Waals surface area contributed by atoms with Crippen LogP contribution in [0.3, 0.4) is 0 Å². The fourth-order valence-corrected chi connectivity index (χ4v) is 1.44. The molecule has 0 aliphatic rings. The highest BCUT2D eigenvalue weighted by Gasteiger charge is 2.20. The van der Waals surface area contributed by atoms with Crippen LogP contribution >= 0.6 is 0 Å². The molecule has 1 atom stereocenters. The topological polar surface area (TPSA) is 41.6 Å². The van der Waals surface area contributed by atoms with Gasteiger partial charge in [-0.1, -0.05) is 30.3 Å². The smallest absolute Gasteiger partial charge is 0.314 e. The van der Waals surface area contributed by atoms with Crippen LogP contribution in [0, 0.1) is 0 Å². The molecule has 4 heteroatoms. The predicted molar refractivity (Wildman–Crippen MR) is 62.9 cm³/mol. The fraction of sp³-hybridized carbons (Fsp3) is 0.417. The molecule has 0 spiro atoms. The van der Waals surface area contributed by atoms with Crippen LogP contribution in [0.5, 0.6) is 0 Å². The third-order valence-corrected chi connectivity index (χ3v) is 2.30. The van der Waals surface area contributed by atoms with Crippen LogP contribution in [0.25, 0.3) is 0 Å². The molecule has 1 aromatic rings. The Labute approximate surface area is 96.2 Å². The van der Waals surface area contributed by atoms with Crippen LogP contribution in [-0.2, 0) is 9.53 Å². The predicted octanol–water partition coefficient (Wildman–Crippen LogP) is 1.01. The average Bonchev–Trinajstić information content (AvgIpc) is 2.30. The molecule has 0 aliphatic heterocycles. The SMILES string of the molecule is COC(=O)C(CNN(C)C)c1ccccc1. The van der Waals surface area contributed by atoms with E-state index in [1.54, 1.807) is 0 Å². The van der Waals surface area contributed by atoms with Gasteiger partial charge in [-0.05, 0) is 5.56 Å². The highest BCUT2D eigenvalue weighted by Crippen LogP contribution is 2.16. The molecule has 0 aromatic heterocycles. The Kier molecular flexibility index (Phi) is 4.95. The van der Waals surface area contributed by atoms with Crippen molar-refractivity contribution < 1.29 is 9.53 Å². The number of hydrogen-bond acceptors (Lipinski definition) is 4. The van der Waals surface area contributed by atoms with Gasteiger partial charge in [0.2, 0.25) is 0 Å². The molecule has 0 radical (unpaired) electrons. The zero-order chi connectivity index (χ0) is 12.0. The van der Waals surface area contributed by atoms with Gasteiger partial charge in [-0.3, -0.25) is 15.2 Å². The molecule has 0 bridgehead atoms. The first-order chi connectivity index (χ1) is 7.65. The second-order valence-corrected chi connectivity index (χ2v) is 3.74. The van der Waals surface area contributed by atoms with Crippen LogP contribution in [-0.4, -0.2) is 38.7 Å². The highest BCUT2D eigenvalue weighted by molar-refractivity contribution is 5.78. The Morgan fingerprint density at radius 3 is 2.50 bits per heavy atom. The van der Waals surface area contributed by atoms with Crippen LogP contribution in [0.15, 0.2) is 30.3 Å². The lowest BCUT2D eigenvalue weighted by Crippen LogP contribution is -2.36. The van der Waals surface area contributed by atoms with Crippen LogP contribution < -0.4 is 5.43 Å². The quantitative estimate of drug-likeness (QED) is 0.596. The van der Waals surface area contributed by atoms with E-state index in [1.165, 1.54) is 7.11 Å². The summed E-state index contributed by atoms with van der Waals surface area (Å²) in [4.78, 5) is 11.6. The van der Waals surface area contributed by atoms with Gasteiger partial charge in [0.25, 0.3) is 0 Å². The Balaban J connectivity index is 2.76. The Bertz CT molecular complexity index is 325. The molecule has 0 aliphatic carbocycles. The van der Waals surface area contributed by atoms with Gasteiger partial charge in [0.1, 0.15) is 0 Å². The van der Waals surface area contributed by atoms with E-state index in [0.717, 1.165) is 5.56 Å². The van der Waals surface area contributed by atoms with Crippen molar-refractivity contribution in [3.05, 3.63) is 35.9 Å². The van der Waals surface area contributed by atoms with E-state index in [-0.39, 0.29) is 11.9 Å². The maximum Gasteiger partial charge on any atom is 0.314 e. The van der Waals surface area contributed by atoms with Gasteiger partial charge in [-0.25, -0.2) is 0 Å². The first-order valence-electron chi connectivity index (χ1n) is 5.18. The Hall–Kier alpha value is -1.39. The van der Waals surface area contributed by atoms with Crippen LogP contribution in [0.4, 0.5) is 0 Å². The zero-order valence-electron chi connectivity index (χ0n) is 9.93. The maximum absolute atomic E-state index is 11.6. The molecule has 16 heavy (non-hydrogen) atoms. The number of hydrogen-bond donors (Lipinski definition) is 1. The Morgan fingerprint density at radius 1 is 1.38 bits per heavy atom. The standard InChI is InChI=1S/C12H18N2O2/c1-14(2)13-9-11(12(15)16-3)10-7-5-4-6-8-10/h4-8,11,13H,9H2,1-3H3. The molecule has 0 heterocycles. The summed E-state index contributed by atoms with van der Waals surface area (Å²) in [6, 6.07) is 9.62. The van der Waals surface area contributed by atoms with E-state index in [2.05, 4.69) is 5.43 Å². The number of nitrogens with one attached hydrogen (secondary N) is 1. The first-order valence-corrected chi connectivity index (χ1v) is 5.18. The highest BCUT2D eigenvalue weighted by atomic mass is 16.5. The summed E-state index contributed by atoms with van der Waals surface area (Å²) in [6.07, 6.45) is 0. The summed E-state index contributed by atoms with van der Waals surface area (Å²) in [6.45, 7) is 0.531. The molecule has 0 amide bonds. The molecular formula is C12H18N2O2. The van der Waals surface area contributed by atoms with Gasteiger partial charge < -0.3 is 4.74 Å². The molecule has 1 aromatic carbocycles. The van der Waals surface area contributed by atoms with Gasteiger partial charge in [0.15, 0.2) is 0 Å². The monoisotopic (exact) mass is 222 g/mol. The van der Waals surface area contributed by atoms with E-state index in [4.69, 9.17) is 4.74 Å². The summed E-state index contributed by atoms with van der Waals surface area (Å²) in [7, 11) is 5.19. The van der Waals surface area contributed by atoms with Crippen LogP contribution in [0.2, 0.25) is 0 Å². The fourth-order valence-electron chi connectivity index (χ4n) is 1.44. The molecule has 0 fully saturated rings. The summed E-state index contributed by atoms with van der Waals surface area (Å²) in [5.41, 5.74) is 4.05. The number of carbonyl (C=O) groups is 1. The second kappa shape index (κ2) is 6.25. The van der Waals surface area contributed by atoms with Crippen molar-refractivity contribution in [3.63, 3.8) is 0 Å². The van der Waals surface area contributed by atoms with Crippen LogP contribution in [0.1, 0.15) is 11.5 Å². The third kappa shape index (κ3) is 3.64. The number of esters is 1. The van der Waals surface area contributed by atoms with E-state index >= 15 is 0 Å².